The predicted octanol–water partition coefficient (Wildman–Crippen LogP) is 3.46. The van der Waals surface area contributed by atoms with Gasteiger partial charge in [-0.1, -0.05) is 23.2 Å². The Bertz CT molecular complexity index is 647. The second kappa shape index (κ2) is 5.34. The number of carbonyl (C=O) groups is 1. The normalized spacial score (nSPS) is 10.2. The van der Waals surface area contributed by atoms with Crippen molar-refractivity contribution in [3.05, 3.63) is 46.1 Å². The van der Waals surface area contributed by atoms with Crippen LogP contribution < -0.4 is 10.5 Å². The summed E-state index contributed by atoms with van der Waals surface area (Å²) in [7, 11) is 0. The van der Waals surface area contributed by atoms with Crippen molar-refractivity contribution >= 4 is 34.9 Å². The number of nitrogens with two attached hydrogens (primary N) is 1. The van der Waals surface area contributed by atoms with E-state index in [1.54, 1.807) is 12.1 Å². The first-order valence-corrected chi connectivity index (χ1v) is 5.84. The van der Waals surface area contributed by atoms with Crippen molar-refractivity contribution in [2.75, 3.05) is 5.73 Å². The van der Waals surface area contributed by atoms with Gasteiger partial charge in [-0.15, -0.1) is 0 Å². The number of benzene rings is 1. The summed E-state index contributed by atoms with van der Waals surface area (Å²) in [5.74, 6) is -0.819. The molecule has 0 aliphatic rings. The third-order valence-corrected chi connectivity index (χ3v) is 2.80. The Balaban J connectivity index is 2.36. The SMILES string of the molecule is Nc1cnc(Oc2cc(Cl)ccc2Cl)cc1C(=O)O. The molecule has 19 heavy (non-hydrogen) atoms. The van der Waals surface area contributed by atoms with Crippen LogP contribution in [0.15, 0.2) is 30.5 Å². The average molecular weight is 299 g/mol. The van der Waals surface area contributed by atoms with Gasteiger partial charge in [-0.05, 0) is 12.1 Å². The topological polar surface area (TPSA) is 85.4 Å². The van der Waals surface area contributed by atoms with Gasteiger partial charge in [0.2, 0.25) is 5.88 Å². The Hall–Kier alpha value is -1.98. The number of nitrogens with zero attached hydrogens (tertiary/aromatic N) is 1. The average Bonchev–Trinajstić information content (AvgIpc) is 2.36. The molecule has 1 aromatic heterocycles. The first kappa shape index (κ1) is 13.5. The van der Waals surface area contributed by atoms with Crippen LogP contribution >= 0.6 is 23.2 Å². The zero-order valence-corrected chi connectivity index (χ0v) is 10.9. The second-order valence-corrected chi connectivity index (χ2v) is 4.44. The highest BCUT2D eigenvalue weighted by atomic mass is 35.5. The van der Waals surface area contributed by atoms with E-state index in [0.29, 0.717) is 10.0 Å². The van der Waals surface area contributed by atoms with E-state index in [1.165, 1.54) is 18.3 Å². The summed E-state index contributed by atoms with van der Waals surface area (Å²) >= 11 is 11.7. The third kappa shape index (κ3) is 3.07. The number of carboxylic acids is 1. The van der Waals surface area contributed by atoms with Gasteiger partial charge in [0, 0.05) is 17.2 Å². The van der Waals surface area contributed by atoms with E-state index in [2.05, 4.69) is 4.98 Å². The Morgan fingerprint density at radius 2 is 2.05 bits per heavy atom. The van der Waals surface area contributed by atoms with Gasteiger partial charge in [0.15, 0.2) is 0 Å². The van der Waals surface area contributed by atoms with Crippen molar-refractivity contribution in [2.45, 2.75) is 0 Å². The van der Waals surface area contributed by atoms with Crippen LogP contribution in [0.25, 0.3) is 0 Å². The summed E-state index contributed by atoms with van der Waals surface area (Å²) in [5, 5.41) is 9.72. The van der Waals surface area contributed by atoms with E-state index in [0.717, 1.165) is 0 Å². The van der Waals surface area contributed by atoms with Crippen molar-refractivity contribution in [2.24, 2.45) is 0 Å². The summed E-state index contributed by atoms with van der Waals surface area (Å²) in [6, 6.07) is 5.89. The summed E-state index contributed by atoms with van der Waals surface area (Å²) in [6.07, 6.45) is 1.21. The highest BCUT2D eigenvalue weighted by molar-refractivity contribution is 6.34. The molecule has 0 bridgehead atoms. The molecule has 0 aliphatic carbocycles. The van der Waals surface area contributed by atoms with E-state index in [1.807, 2.05) is 0 Å². The van der Waals surface area contributed by atoms with Crippen LogP contribution in [0, 0.1) is 0 Å². The van der Waals surface area contributed by atoms with Gasteiger partial charge in [-0.25, -0.2) is 9.78 Å². The van der Waals surface area contributed by atoms with E-state index in [4.69, 9.17) is 38.8 Å². The molecule has 0 radical (unpaired) electrons. The van der Waals surface area contributed by atoms with Crippen molar-refractivity contribution < 1.29 is 14.6 Å². The van der Waals surface area contributed by atoms with Crippen LogP contribution in [0.2, 0.25) is 10.0 Å². The smallest absolute Gasteiger partial charge is 0.338 e. The van der Waals surface area contributed by atoms with Gasteiger partial charge >= 0.3 is 5.97 Å². The van der Waals surface area contributed by atoms with Crippen molar-refractivity contribution in [3.63, 3.8) is 0 Å². The molecule has 0 spiro atoms. The summed E-state index contributed by atoms with van der Waals surface area (Å²) in [6.45, 7) is 0. The first-order chi connectivity index (χ1) is 8.97. The van der Waals surface area contributed by atoms with Crippen molar-refractivity contribution in [1.29, 1.82) is 0 Å². The molecule has 2 rings (SSSR count). The number of carboxylic acid groups (broad SMARTS) is 1. The van der Waals surface area contributed by atoms with Gasteiger partial charge in [0.1, 0.15) is 5.75 Å². The lowest BCUT2D eigenvalue weighted by Gasteiger charge is -2.08. The van der Waals surface area contributed by atoms with Crippen LogP contribution in [0.4, 0.5) is 5.69 Å². The molecule has 1 heterocycles. The third-order valence-electron chi connectivity index (χ3n) is 2.25. The molecule has 0 aliphatic heterocycles. The lowest BCUT2D eigenvalue weighted by atomic mass is 10.2. The number of anilines is 1. The van der Waals surface area contributed by atoms with Gasteiger partial charge in [-0.2, -0.15) is 0 Å². The number of aromatic carboxylic acids is 1. The van der Waals surface area contributed by atoms with Crippen LogP contribution in [-0.4, -0.2) is 16.1 Å². The number of ether oxygens (including phenoxy) is 1. The number of pyridine rings is 1. The maximum absolute atomic E-state index is 10.9. The molecule has 0 fully saturated rings. The Morgan fingerprint density at radius 3 is 2.74 bits per heavy atom. The van der Waals surface area contributed by atoms with Crippen molar-refractivity contribution in [1.82, 2.24) is 4.98 Å². The van der Waals surface area contributed by atoms with Gasteiger partial charge < -0.3 is 15.6 Å². The second-order valence-electron chi connectivity index (χ2n) is 3.59. The van der Waals surface area contributed by atoms with Gasteiger partial charge in [0.25, 0.3) is 0 Å². The molecule has 0 saturated carbocycles. The van der Waals surface area contributed by atoms with E-state index in [9.17, 15) is 4.79 Å². The Labute approximate surface area is 118 Å². The molecular formula is C12H8Cl2N2O3. The number of aromatic nitrogens is 1. The highest BCUT2D eigenvalue weighted by Gasteiger charge is 2.12. The van der Waals surface area contributed by atoms with Crippen molar-refractivity contribution in [3.8, 4) is 11.6 Å². The van der Waals surface area contributed by atoms with Crippen LogP contribution in [0.1, 0.15) is 10.4 Å². The molecule has 0 amide bonds. The van der Waals surface area contributed by atoms with E-state index < -0.39 is 5.97 Å². The van der Waals surface area contributed by atoms with Crippen LogP contribution in [0.5, 0.6) is 11.6 Å². The largest absolute Gasteiger partial charge is 0.478 e. The van der Waals surface area contributed by atoms with Crippen LogP contribution in [0.3, 0.4) is 0 Å². The fraction of sp³-hybridized carbons (Fsp3) is 0. The Kier molecular flexibility index (Phi) is 3.78. The zero-order chi connectivity index (χ0) is 14.0. The minimum absolute atomic E-state index is 0.0528. The maximum Gasteiger partial charge on any atom is 0.338 e. The lowest BCUT2D eigenvalue weighted by Crippen LogP contribution is -2.03. The minimum Gasteiger partial charge on any atom is -0.478 e. The van der Waals surface area contributed by atoms with Gasteiger partial charge in [-0.3, -0.25) is 0 Å². The van der Waals surface area contributed by atoms with Crippen LogP contribution in [-0.2, 0) is 0 Å². The summed E-state index contributed by atoms with van der Waals surface area (Å²) < 4.78 is 5.39. The minimum atomic E-state index is -1.16. The fourth-order valence-corrected chi connectivity index (χ4v) is 1.67. The molecular weight excluding hydrogens is 291 g/mol. The lowest BCUT2D eigenvalue weighted by molar-refractivity contribution is 0.0697. The molecule has 2 aromatic rings. The molecule has 5 nitrogen and oxygen atoms in total. The van der Waals surface area contributed by atoms with Gasteiger partial charge in [0.05, 0.1) is 22.5 Å². The number of nitrogen functional groups attached to an aromatic ring is 1. The summed E-state index contributed by atoms with van der Waals surface area (Å²) in [5.41, 5.74) is 5.45. The number of hydrogen-bond donors (Lipinski definition) is 2. The zero-order valence-electron chi connectivity index (χ0n) is 9.43. The predicted molar refractivity (Wildman–Crippen MR) is 72.1 cm³/mol. The molecule has 0 atom stereocenters. The number of hydrogen-bond acceptors (Lipinski definition) is 4. The maximum atomic E-state index is 10.9. The molecule has 1 aromatic carbocycles. The quantitative estimate of drug-likeness (QED) is 0.906. The molecule has 0 unspecified atom stereocenters. The molecule has 0 saturated heterocycles. The standard InChI is InChI=1S/C12H8Cl2N2O3/c13-6-1-2-8(14)10(3-6)19-11-4-7(12(17)18)9(15)5-16-11/h1-5H,15H2,(H,17,18). The Morgan fingerprint density at radius 1 is 1.32 bits per heavy atom. The number of halogens is 2. The molecule has 7 heteroatoms. The summed E-state index contributed by atoms with van der Waals surface area (Å²) in [4.78, 5) is 14.8. The monoisotopic (exact) mass is 298 g/mol. The van der Waals surface area contributed by atoms with E-state index in [-0.39, 0.29) is 22.9 Å². The highest BCUT2D eigenvalue weighted by Crippen LogP contribution is 2.31. The first-order valence-electron chi connectivity index (χ1n) is 5.09. The fourth-order valence-electron chi connectivity index (χ4n) is 1.36. The van der Waals surface area contributed by atoms with E-state index >= 15 is 0 Å². The molecule has 98 valence electrons. The molecule has 3 N–H and O–H groups in total. The number of rotatable bonds is 3.